The molecule has 5 rings (SSSR count). The Labute approximate surface area is 220 Å². The molecule has 2 fully saturated rings. The van der Waals surface area contributed by atoms with Gasteiger partial charge in [-0.2, -0.15) is 0 Å². The Bertz CT molecular complexity index is 1250. The van der Waals surface area contributed by atoms with Gasteiger partial charge < -0.3 is 24.1 Å². The Kier molecular flexibility index (Phi) is 7.63. The van der Waals surface area contributed by atoms with Crippen molar-refractivity contribution in [3.05, 3.63) is 76.3 Å². The molecule has 2 aromatic heterocycles. The van der Waals surface area contributed by atoms with Gasteiger partial charge >= 0.3 is 0 Å². The van der Waals surface area contributed by atoms with Gasteiger partial charge in [0.15, 0.2) is 5.11 Å². The molecule has 1 N–H and O–H groups in total. The number of morpholine rings is 1. The molecule has 0 saturated carbocycles. The van der Waals surface area contributed by atoms with E-state index in [4.69, 9.17) is 26.1 Å². The van der Waals surface area contributed by atoms with E-state index in [1.807, 2.05) is 30.3 Å². The van der Waals surface area contributed by atoms with Crippen molar-refractivity contribution in [2.24, 2.45) is 0 Å². The Morgan fingerprint density at radius 2 is 2.03 bits per heavy atom. The molecule has 0 unspecified atom stereocenters. The second-order valence-electron chi connectivity index (χ2n) is 8.97. The Morgan fingerprint density at radius 1 is 1.19 bits per heavy atom. The van der Waals surface area contributed by atoms with Crippen molar-refractivity contribution in [3.63, 3.8) is 0 Å². The first-order chi connectivity index (χ1) is 18.0. The van der Waals surface area contributed by atoms with Crippen molar-refractivity contribution in [1.82, 2.24) is 20.1 Å². The van der Waals surface area contributed by atoms with Crippen LogP contribution in [0.1, 0.15) is 30.0 Å². The number of rotatable bonds is 9. The Morgan fingerprint density at radius 3 is 2.76 bits per heavy atom. The molecule has 2 saturated heterocycles. The highest BCUT2D eigenvalue weighted by atomic mass is 32.1. The van der Waals surface area contributed by atoms with Gasteiger partial charge in [-0.3, -0.25) is 20.0 Å². The van der Waals surface area contributed by atoms with E-state index in [0.29, 0.717) is 22.2 Å². The van der Waals surface area contributed by atoms with E-state index >= 15 is 0 Å². The van der Waals surface area contributed by atoms with Gasteiger partial charge in [-0.1, -0.05) is 6.07 Å². The van der Waals surface area contributed by atoms with Crippen molar-refractivity contribution in [2.75, 3.05) is 46.5 Å². The smallest absolute Gasteiger partial charge is 0.273 e. The molecule has 0 bridgehead atoms. The number of hydrogen-bond acceptors (Lipinski definition) is 8. The lowest BCUT2D eigenvalue weighted by molar-refractivity contribution is -0.384. The summed E-state index contributed by atoms with van der Waals surface area (Å²) >= 11 is 5.77. The average molecular weight is 524 g/mol. The summed E-state index contributed by atoms with van der Waals surface area (Å²) in [6.07, 6.45) is 2.71. The van der Waals surface area contributed by atoms with E-state index in [2.05, 4.69) is 20.1 Å². The zero-order valence-electron chi connectivity index (χ0n) is 20.5. The minimum atomic E-state index is -0.447. The van der Waals surface area contributed by atoms with Crippen molar-refractivity contribution in [2.45, 2.75) is 18.5 Å². The van der Waals surface area contributed by atoms with Crippen molar-refractivity contribution < 1.29 is 18.8 Å². The lowest BCUT2D eigenvalue weighted by atomic mass is 10.0. The minimum absolute atomic E-state index is 0.0422. The number of non-ortho nitro benzene ring substituents is 1. The summed E-state index contributed by atoms with van der Waals surface area (Å²) < 4.78 is 17.3. The second-order valence-corrected chi connectivity index (χ2v) is 9.36. The molecule has 11 heteroatoms. The van der Waals surface area contributed by atoms with Gasteiger partial charge in [0.25, 0.3) is 5.69 Å². The molecule has 0 aliphatic carbocycles. The van der Waals surface area contributed by atoms with Crippen LogP contribution in [-0.4, -0.2) is 71.3 Å². The van der Waals surface area contributed by atoms with Crippen LogP contribution >= 0.6 is 12.2 Å². The number of nitro groups is 1. The van der Waals surface area contributed by atoms with Gasteiger partial charge in [-0.25, -0.2) is 0 Å². The number of aromatic nitrogens is 1. The zero-order chi connectivity index (χ0) is 25.8. The van der Waals surface area contributed by atoms with E-state index in [9.17, 15) is 10.1 Å². The maximum absolute atomic E-state index is 11.2. The summed E-state index contributed by atoms with van der Waals surface area (Å²) in [4.78, 5) is 19.9. The Balaban J connectivity index is 1.42. The molecule has 3 aromatic rings. The summed E-state index contributed by atoms with van der Waals surface area (Å²) in [6.45, 7) is 5.16. The fraction of sp³-hybridized carbons (Fsp3) is 0.385. The first-order valence-corrected chi connectivity index (χ1v) is 12.7. The third-order valence-corrected chi connectivity index (χ3v) is 7.11. The SMILES string of the molecule is COc1cc([N+](=O)[O-])ccc1-c1ccc([C@H]2[C@@H](c3ccccn3)NC(=S)N2CCCN2CCOCC2)o1. The number of pyridine rings is 1. The molecule has 0 radical (unpaired) electrons. The fourth-order valence-electron chi connectivity index (χ4n) is 4.90. The quantitative estimate of drug-likeness (QED) is 0.252. The van der Waals surface area contributed by atoms with E-state index in [-0.39, 0.29) is 17.8 Å². The maximum atomic E-state index is 11.2. The molecule has 0 spiro atoms. The molecule has 37 heavy (non-hydrogen) atoms. The topological polar surface area (TPSA) is 106 Å². The van der Waals surface area contributed by atoms with Crippen LogP contribution in [0.3, 0.4) is 0 Å². The molecule has 0 amide bonds. The first kappa shape index (κ1) is 25.1. The third-order valence-electron chi connectivity index (χ3n) is 6.75. The number of benzene rings is 1. The zero-order valence-corrected chi connectivity index (χ0v) is 21.4. The number of methoxy groups -OCH3 is 1. The van der Waals surface area contributed by atoms with Gasteiger partial charge in [-0.15, -0.1) is 0 Å². The summed E-state index contributed by atoms with van der Waals surface area (Å²) in [5.74, 6) is 1.66. The van der Waals surface area contributed by atoms with Crippen LogP contribution in [0.15, 0.2) is 59.1 Å². The standard InChI is InChI=1S/C26H29N5O5S/c1-34-23-17-18(31(32)33)6-7-19(23)21-8-9-22(36-21)25-24(20-5-2-3-10-27-20)28-26(37)30(25)12-4-11-29-13-15-35-16-14-29/h2-3,5-10,17,24-25H,4,11-16H2,1H3,(H,28,37)/t24-,25+/m1/s1. The summed E-state index contributed by atoms with van der Waals surface area (Å²) in [5, 5.41) is 15.3. The molecule has 4 heterocycles. The van der Waals surface area contributed by atoms with Crippen LogP contribution in [0.4, 0.5) is 5.69 Å². The van der Waals surface area contributed by atoms with Gasteiger partial charge in [-0.05, 0) is 49.0 Å². The molecule has 2 aliphatic rings. The van der Waals surface area contributed by atoms with E-state index in [1.54, 1.807) is 12.3 Å². The average Bonchev–Trinajstić information content (AvgIpc) is 3.54. The second kappa shape index (κ2) is 11.2. The molecular weight excluding hydrogens is 494 g/mol. The monoisotopic (exact) mass is 523 g/mol. The largest absolute Gasteiger partial charge is 0.496 e. The predicted octanol–water partition coefficient (Wildman–Crippen LogP) is 3.95. The summed E-state index contributed by atoms with van der Waals surface area (Å²) in [6, 6.07) is 13.7. The van der Waals surface area contributed by atoms with Gasteiger partial charge in [0.05, 0.1) is 48.6 Å². The number of hydrogen-bond donors (Lipinski definition) is 1. The highest BCUT2D eigenvalue weighted by Gasteiger charge is 2.41. The van der Waals surface area contributed by atoms with Gasteiger partial charge in [0.1, 0.15) is 23.3 Å². The molecule has 10 nitrogen and oxygen atoms in total. The number of thiocarbonyl (C=S) groups is 1. The lowest BCUT2D eigenvalue weighted by Crippen LogP contribution is -2.38. The van der Waals surface area contributed by atoms with Gasteiger partial charge in [0, 0.05) is 38.4 Å². The van der Waals surface area contributed by atoms with Crippen molar-refractivity contribution >= 4 is 23.0 Å². The van der Waals surface area contributed by atoms with Crippen LogP contribution in [0, 0.1) is 10.1 Å². The van der Waals surface area contributed by atoms with E-state index < -0.39 is 4.92 Å². The molecule has 1 aromatic carbocycles. The first-order valence-electron chi connectivity index (χ1n) is 12.3. The number of nitro benzene ring substituents is 1. The Hall–Kier alpha value is -3.54. The summed E-state index contributed by atoms with van der Waals surface area (Å²) in [7, 11) is 1.49. The van der Waals surface area contributed by atoms with Crippen LogP contribution in [-0.2, 0) is 4.74 Å². The minimum Gasteiger partial charge on any atom is -0.496 e. The third kappa shape index (κ3) is 5.43. The highest BCUT2D eigenvalue weighted by Crippen LogP contribution is 2.42. The molecular formula is C26H29N5O5S. The number of nitrogens with one attached hydrogen (secondary N) is 1. The van der Waals surface area contributed by atoms with Gasteiger partial charge in [0.2, 0.25) is 0 Å². The molecule has 2 aliphatic heterocycles. The molecule has 194 valence electrons. The van der Waals surface area contributed by atoms with Crippen LogP contribution in [0.2, 0.25) is 0 Å². The van der Waals surface area contributed by atoms with Crippen LogP contribution < -0.4 is 10.1 Å². The van der Waals surface area contributed by atoms with Crippen molar-refractivity contribution in [1.29, 1.82) is 0 Å². The van der Waals surface area contributed by atoms with E-state index in [1.165, 1.54) is 19.2 Å². The lowest BCUT2D eigenvalue weighted by Gasteiger charge is -2.29. The maximum Gasteiger partial charge on any atom is 0.273 e. The van der Waals surface area contributed by atoms with Crippen LogP contribution in [0.25, 0.3) is 11.3 Å². The molecule has 2 atom stereocenters. The van der Waals surface area contributed by atoms with Crippen molar-refractivity contribution in [3.8, 4) is 17.1 Å². The van der Waals surface area contributed by atoms with E-state index in [0.717, 1.165) is 57.3 Å². The normalized spacial score (nSPS) is 20.1. The summed E-state index contributed by atoms with van der Waals surface area (Å²) in [5.41, 5.74) is 1.47. The number of ether oxygens (including phenoxy) is 2. The van der Waals surface area contributed by atoms with Crippen LogP contribution in [0.5, 0.6) is 5.75 Å². The fourth-order valence-corrected chi connectivity index (χ4v) is 5.23. The number of furan rings is 1. The highest BCUT2D eigenvalue weighted by molar-refractivity contribution is 7.80. The predicted molar refractivity (Wildman–Crippen MR) is 141 cm³/mol. The number of nitrogens with zero attached hydrogens (tertiary/aromatic N) is 4.